The fourth-order valence-electron chi connectivity index (χ4n) is 2.65. The van der Waals surface area contributed by atoms with Gasteiger partial charge in [0.25, 0.3) is 0 Å². The average Bonchev–Trinajstić information content (AvgIpc) is 3.20. The molecule has 0 aliphatic heterocycles. The monoisotopic (exact) mass is 310 g/mol. The fraction of sp³-hybridized carbons (Fsp3) is 0.588. The van der Waals surface area contributed by atoms with Gasteiger partial charge in [0.05, 0.1) is 5.92 Å². The molecule has 0 spiro atoms. The highest BCUT2D eigenvalue weighted by Crippen LogP contribution is 2.50. The quantitative estimate of drug-likeness (QED) is 0.858. The summed E-state index contributed by atoms with van der Waals surface area (Å²) in [6.45, 7) is 7.23. The number of halogens is 1. The van der Waals surface area contributed by atoms with Gasteiger partial charge in [0.1, 0.15) is 11.2 Å². The van der Waals surface area contributed by atoms with Crippen LogP contribution in [0.4, 0.5) is 0 Å². The van der Waals surface area contributed by atoms with E-state index in [0.717, 1.165) is 18.4 Å². The maximum atomic E-state index is 12.4. The Morgan fingerprint density at radius 1 is 1.29 bits per heavy atom. The van der Waals surface area contributed by atoms with Crippen molar-refractivity contribution >= 4 is 17.6 Å². The zero-order chi connectivity index (χ0) is 15.8. The average molecular weight is 311 g/mol. The Morgan fingerprint density at radius 3 is 2.24 bits per heavy atom. The van der Waals surface area contributed by atoms with E-state index in [4.69, 9.17) is 16.3 Å². The van der Waals surface area contributed by atoms with E-state index in [-0.39, 0.29) is 11.9 Å². The summed E-state index contributed by atoms with van der Waals surface area (Å²) in [5, 5.41) is 11.8. The SMILES string of the molecule is CC(C(=O)OC(C)(C)C)C(O)(c1ccc(Cl)cc1)C1CC1. The minimum atomic E-state index is -1.19. The molecule has 2 atom stereocenters. The van der Waals surface area contributed by atoms with Crippen molar-refractivity contribution in [2.75, 3.05) is 0 Å². The molecule has 0 saturated heterocycles. The molecule has 21 heavy (non-hydrogen) atoms. The van der Waals surface area contributed by atoms with Gasteiger partial charge in [-0.15, -0.1) is 0 Å². The van der Waals surface area contributed by atoms with Crippen LogP contribution in [0.3, 0.4) is 0 Å². The Labute approximate surface area is 131 Å². The lowest BCUT2D eigenvalue weighted by molar-refractivity contribution is -0.171. The predicted octanol–water partition coefficient (Wildman–Crippen LogP) is 3.92. The molecule has 0 heterocycles. The van der Waals surface area contributed by atoms with Crippen LogP contribution in [-0.4, -0.2) is 16.7 Å². The smallest absolute Gasteiger partial charge is 0.312 e. The van der Waals surface area contributed by atoms with Gasteiger partial charge in [0.15, 0.2) is 0 Å². The number of aliphatic hydroxyl groups is 1. The number of benzene rings is 1. The molecule has 1 aromatic rings. The molecule has 2 rings (SSSR count). The molecule has 1 aliphatic carbocycles. The van der Waals surface area contributed by atoms with Crippen molar-refractivity contribution in [1.29, 1.82) is 0 Å². The first-order chi connectivity index (χ1) is 9.64. The summed E-state index contributed by atoms with van der Waals surface area (Å²) in [4.78, 5) is 12.4. The topological polar surface area (TPSA) is 46.5 Å². The Kier molecular flexibility index (Phi) is 4.36. The molecule has 1 aromatic carbocycles. The van der Waals surface area contributed by atoms with Crippen LogP contribution in [0.5, 0.6) is 0 Å². The molecule has 1 fully saturated rings. The maximum absolute atomic E-state index is 12.4. The third-order valence-corrected chi connectivity index (χ3v) is 4.18. The van der Waals surface area contributed by atoms with Crippen LogP contribution in [0.25, 0.3) is 0 Å². The van der Waals surface area contributed by atoms with E-state index < -0.39 is 17.1 Å². The van der Waals surface area contributed by atoms with Crippen LogP contribution in [0.1, 0.15) is 46.1 Å². The second-order valence-electron chi connectivity index (χ2n) is 6.86. The first kappa shape index (κ1) is 16.3. The summed E-state index contributed by atoms with van der Waals surface area (Å²) in [6, 6.07) is 7.07. The van der Waals surface area contributed by atoms with Gasteiger partial charge in [0.2, 0.25) is 0 Å². The minimum absolute atomic E-state index is 0.0983. The number of esters is 1. The summed E-state index contributed by atoms with van der Waals surface area (Å²) >= 11 is 5.91. The largest absolute Gasteiger partial charge is 0.460 e. The summed E-state index contributed by atoms with van der Waals surface area (Å²) in [7, 11) is 0. The highest BCUT2D eigenvalue weighted by molar-refractivity contribution is 6.30. The van der Waals surface area contributed by atoms with Gasteiger partial charge in [0, 0.05) is 5.02 Å². The third-order valence-electron chi connectivity index (χ3n) is 3.93. The summed E-state index contributed by atoms with van der Waals surface area (Å²) in [5.41, 5.74) is -1.02. The van der Waals surface area contributed by atoms with Crippen LogP contribution >= 0.6 is 11.6 Å². The van der Waals surface area contributed by atoms with Crippen LogP contribution in [0, 0.1) is 11.8 Å². The normalized spacial score (nSPS) is 19.7. The second kappa shape index (κ2) is 5.62. The summed E-state index contributed by atoms with van der Waals surface area (Å²) in [5.74, 6) is -0.890. The fourth-order valence-corrected chi connectivity index (χ4v) is 2.78. The van der Waals surface area contributed by atoms with Crippen LogP contribution in [0.2, 0.25) is 5.02 Å². The third kappa shape index (κ3) is 3.58. The number of ether oxygens (including phenoxy) is 1. The first-order valence-corrected chi connectivity index (χ1v) is 7.73. The van der Waals surface area contributed by atoms with Gasteiger partial charge in [-0.05, 0) is 64.2 Å². The highest BCUT2D eigenvalue weighted by Gasteiger charge is 2.52. The van der Waals surface area contributed by atoms with E-state index in [9.17, 15) is 9.90 Å². The molecule has 0 bridgehead atoms. The van der Waals surface area contributed by atoms with Gasteiger partial charge >= 0.3 is 5.97 Å². The van der Waals surface area contributed by atoms with Gasteiger partial charge in [-0.1, -0.05) is 23.7 Å². The number of carbonyl (C=O) groups excluding carboxylic acids is 1. The van der Waals surface area contributed by atoms with Gasteiger partial charge in [-0.2, -0.15) is 0 Å². The Balaban J connectivity index is 2.29. The number of carbonyl (C=O) groups is 1. The van der Waals surface area contributed by atoms with Gasteiger partial charge in [-0.25, -0.2) is 0 Å². The number of hydrogen-bond acceptors (Lipinski definition) is 3. The highest BCUT2D eigenvalue weighted by atomic mass is 35.5. The number of hydrogen-bond donors (Lipinski definition) is 1. The lowest BCUT2D eigenvalue weighted by Crippen LogP contribution is -2.43. The van der Waals surface area contributed by atoms with Crippen LogP contribution in [0.15, 0.2) is 24.3 Å². The molecule has 0 radical (unpaired) electrons. The molecular weight excluding hydrogens is 288 g/mol. The Hall–Kier alpha value is -1.06. The Morgan fingerprint density at radius 2 is 1.81 bits per heavy atom. The lowest BCUT2D eigenvalue weighted by atomic mass is 9.78. The lowest BCUT2D eigenvalue weighted by Gasteiger charge is -2.35. The summed E-state index contributed by atoms with van der Waals surface area (Å²) < 4.78 is 5.44. The van der Waals surface area contributed by atoms with Crippen molar-refractivity contribution in [3.05, 3.63) is 34.9 Å². The van der Waals surface area contributed by atoms with Crippen LogP contribution < -0.4 is 0 Å². The molecule has 4 heteroatoms. The standard InChI is InChI=1S/C17H23ClO3/c1-11(15(19)21-16(2,3)4)17(20,12-5-6-12)13-7-9-14(18)10-8-13/h7-12,20H,5-6H2,1-4H3. The molecule has 0 amide bonds. The zero-order valence-corrected chi connectivity index (χ0v) is 13.8. The van der Waals surface area contributed by atoms with Crippen molar-refractivity contribution in [3.63, 3.8) is 0 Å². The number of rotatable bonds is 4. The van der Waals surface area contributed by atoms with E-state index >= 15 is 0 Å². The van der Waals surface area contributed by atoms with E-state index in [2.05, 4.69) is 0 Å². The van der Waals surface area contributed by atoms with E-state index in [1.807, 2.05) is 20.8 Å². The molecule has 116 valence electrons. The van der Waals surface area contributed by atoms with Crippen molar-refractivity contribution in [2.45, 2.75) is 51.7 Å². The zero-order valence-electron chi connectivity index (χ0n) is 13.0. The van der Waals surface area contributed by atoms with Crippen molar-refractivity contribution in [2.24, 2.45) is 11.8 Å². The van der Waals surface area contributed by atoms with E-state index in [1.54, 1.807) is 31.2 Å². The molecule has 1 saturated carbocycles. The van der Waals surface area contributed by atoms with Gasteiger partial charge in [-0.3, -0.25) is 4.79 Å². The van der Waals surface area contributed by atoms with Gasteiger partial charge < -0.3 is 9.84 Å². The van der Waals surface area contributed by atoms with Crippen molar-refractivity contribution in [1.82, 2.24) is 0 Å². The Bertz CT molecular complexity index is 514. The first-order valence-electron chi connectivity index (χ1n) is 7.36. The molecule has 2 unspecified atom stereocenters. The summed E-state index contributed by atoms with van der Waals surface area (Å²) in [6.07, 6.45) is 1.85. The van der Waals surface area contributed by atoms with E-state index in [0.29, 0.717) is 5.02 Å². The second-order valence-corrected chi connectivity index (χ2v) is 7.30. The van der Waals surface area contributed by atoms with E-state index in [1.165, 1.54) is 0 Å². The molecule has 3 nitrogen and oxygen atoms in total. The van der Waals surface area contributed by atoms with Crippen LogP contribution in [-0.2, 0) is 15.1 Å². The molecule has 1 N–H and O–H groups in total. The molecular formula is C17H23ClO3. The minimum Gasteiger partial charge on any atom is -0.460 e. The molecule has 0 aromatic heterocycles. The molecule has 1 aliphatic rings. The predicted molar refractivity (Wildman–Crippen MR) is 83.1 cm³/mol. The maximum Gasteiger partial charge on any atom is 0.312 e. The van der Waals surface area contributed by atoms with Crippen molar-refractivity contribution < 1.29 is 14.6 Å². The van der Waals surface area contributed by atoms with Crippen molar-refractivity contribution in [3.8, 4) is 0 Å².